The zero-order valence-electron chi connectivity index (χ0n) is 20.3. The first-order valence-corrected chi connectivity index (χ1v) is 11.6. The second kappa shape index (κ2) is 10.8. The van der Waals surface area contributed by atoms with Gasteiger partial charge in [-0.3, -0.25) is 0 Å². The van der Waals surface area contributed by atoms with Crippen LogP contribution in [0.5, 0.6) is 23.0 Å². The number of urea groups is 1. The summed E-state index contributed by atoms with van der Waals surface area (Å²) >= 11 is 6.30. The summed E-state index contributed by atoms with van der Waals surface area (Å²) in [5.41, 5.74) is 3.71. The number of hydrogen-bond donors (Lipinski definition) is 1. The molecule has 0 spiro atoms. The number of methoxy groups -OCH3 is 4. The predicted octanol–water partition coefficient (Wildman–Crippen LogP) is 5.75. The Morgan fingerprint density at radius 2 is 1.57 bits per heavy atom. The highest BCUT2D eigenvalue weighted by molar-refractivity contribution is 6.33. The molecule has 0 bridgehead atoms. The lowest BCUT2D eigenvalue weighted by molar-refractivity contribution is 0.181. The topological polar surface area (TPSA) is 69.3 Å². The fourth-order valence-electron chi connectivity index (χ4n) is 4.47. The van der Waals surface area contributed by atoms with Crippen molar-refractivity contribution in [2.45, 2.75) is 18.9 Å². The minimum absolute atomic E-state index is 0.219. The maximum absolute atomic E-state index is 13.5. The lowest BCUT2D eigenvalue weighted by Gasteiger charge is -2.38. The average Bonchev–Trinajstić information content (AvgIpc) is 2.89. The van der Waals surface area contributed by atoms with E-state index in [2.05, 4.69) is 5.32 Å². The molecule has 3 aromatic carbocycles. The van der Waals surface area contributed by atoms with Crippen LogP contribution in [0.4, 0.5) is 10.5 Å². The summed E-state index contributed by atoms with van der Waals surface area (Å²) < 4.78 is 22.0. The Kier molecular flexibility index (Phi) is 7.56. The standard InChI is InChI=1S/C27H29ClN2O5/c1-32-23-10-9-17(14-24(23)33-2)13-22-19-16-26(35-4)25(34-3)15-18(19)11-12-30(22)27(31)29-21-8-6-5-7-20(21)28/h5-10,14-16,22H,11-13H2,1-4H3,(H,29,31)/t22-/m0/s1. The monoisotopic (exact) mass is 496 g/mol. The van der Waals surface area contributed by atoms with Crippen molar-refractivity contribution in [3.63, 3.8) is 0 Å². The third-order valence-electron chi connectivity index (χ3n) is 6.26. The van der Waals surface area contributed by atoms with Gasteiger partial charge in [0.1, 0.15) is 0 Å². The van der Waals surface area contributed by atoms with Crippen molar-refractivity contribution in [3.05, 3.63) is 76.3 Å². The molecule has 1 N–H and O–H groups in total. The SMILES string of the molecule is COc1ccc(C[C@H]2c3cc(OC)c(OC)cc3CCN2C(=O)Nc2ccccc2Cl)cc1OC. The summed E-state index contributed by atoms with van der Waals surface area (Å²) in [5.74, 6) is 2.59. The number of carbonyl (C=O) groups is 1. The normalized spacial score (nSPS) is 14.7. The smallest absolute Gasteiger partial charge is 0.322 e. The van der Waals surface area contributed by atoms with E-state index in [0.29, 0.717) is 53.1 Å². The van der Waals surface area contributed by atoms with Crippen molar-refractivity contribution in [1.82, 2.24) is 4.90 Å². The van der Waals surface area contributed by atoms with Crippen molar-refractivity contribution in [3.8, 4) is 23.0 Å². The van der Waals surface area contributed by atoms with E-state index in [4.69, 9.17) is 30.5 Å². The van der Waals surface area contributed by atoms with E-state index < -0.39 is 0 Å². The van der Waals surface area contributed by atoms with Crippen molar-refractivity contribution in [2.24, 2.45) is 0 Å². The third kappa shape index (κ3) is 5.10. The van der Waals surface area contributed by atoms with Gasteiger partial charge in [-0.1, -0.05) is 29.8 Å². The lowest BCUT2D eigenvalue weighted by atomic mass is 9.88. The van der Waals surface area contributed by atoms with Crippen molar-refractivity contribution in [2.75, 3.05) is 40.3 Å². The highest BCUT2D eigenvalue weighted by atomic mass is 35.5. The molecule has 0 radical (unpaired) electrons. The molecule has 0 unspecified atom stereocenters. The molecule has 1 aliphatic rings. The molecule has 4 rings (SSSR count). The molecule has 7 nitrogen and oxygen atoms in total. The Morgan fingerprint density at radius 1 is 0.914 bits per heavy atom. The van der Waals surface area contributed by atoms with Gasteiger partial charge in [0.05, 0.1) is 45.2 Å². The molecule has 184 valence electrons. The molecular weight excluding hydrogens is 468 g/mol. The number of hydrogen-bond acceptors (Lipinski definition) is 5. The highest BCUT2D eigenvalue weighted by Crippen LogP contribution is 2.40. The quantitative estimate of drug-likeness (QED) is 0.451. The molecule has 1 atom stereocenters. The number of halogens is 1. The molecule has 2 amide bonds. The fourth-order valence-corrected chi connectivity index (χ4v) is 4.65. The maximum atomic E-state index is 13.5. The van der Waals surface area contributed by atoms with Gasteiger partial charge in [-0.05, 0) is 65.9 Å². The molecule has 3 aromatic rings. The summed E-state index contributed by atoms with van der Waals surface area (Å²) in [6.45, 7) is 0.538. The minimum Gasteiger partial charge on any atom is -0.493 e. The van der Waals surface area contributed by atoms with Crippen LogP contribution in [0.1, 0.15) is 22.7 Å². The van der Waals surface area contributed by atoms with Crippen LogP contribution in [-0.2, 0) is 12.8 Å². The van der Waals surface area contributed by atoms with E-state index >= 15 is 0 Å². The van der Waals surface area contributed by atoms with Crippen LogP contribution in [0.25, 0.3) is 0 Å². The van der Waals surface area contributed by atoms with E-state index in [0.717, 1.165) is 16.7 Å². The summed E-state index contributed by atoms with van der Waals surface area (Å²) in [6, 6.07) is 16.5. The van der Waals surface area contributed by atoms with Gasteiger partial charge >= 0.3 is 6.03 Å². The van der Waals surface area contributed by atoms with Crippen LogP contribution >= 0.6 is 11.6 Å². The van der Waals surface area contributed by atoms with Crippen LogP contribution < -0.4 is 24.3 Å². The van der Waals surface area contributed by atoms with Crippen LogP contribution in [0.3, 0.4) is 0 Å². The largest absolute Gasteiger partial charge is 0.493 e. The predicted molar refractivity (Wildman–Crippen MR) is 136 cm³/mol. The van der Waals surface area contributed by atoms with Gasteiger partial charge in [-0.25, -0.2) is 4.79 Å². The third-order valence-corrected chi connectivity index (χ3v) is 6.59. The molecule has 0 fully saturated rings. The fraction of sp³-hybridized carbons (Fsp3) is 0.296. The van der Waals surface area contributed by atoms with Gasteiger partial charge in [-0.15, -0.1) is 0 Å². The molecule has 35 heavy (non-hydrogen) atoms. The van der Waals surface area contributed by atoms with Crippen molar-refractivity contribution >= 4 is 23.3 Å². The Balaban J connectivity index is 1.73. The number of carbonyl (C=O) groups excluding carboxylic acids is 1. The van der Waals surface area contributed by atoms with Crippen LogP contribution in [-0.4, -0.2) is 45.9 Å². The first-order chi connectivity index (χ1) is 17.0. The van der Waals surface area contributed by atoms with E-state index in [1.54, 1.807) is 40.6 Å². The Bertz CT molecular complexity index is 1220. The van der Waals surface area contributed by atoms with Crippen molar-refractivity contribution in [1.29, 1.82) is 0 Å². The van der Waals surface area contributed by atoms with Gasteiger partial charge < -0.3 is 29.2 Å². The molecule has 0 saturated heterocycles. The number of nitrogens with zero attached hydrogens (tertiary/aromatic N) is 1. The molecule has 0 aromatic heterocycles. The Morgan fingerprint density at radius 3 is 2.26 bits per heavy atom. The number of benzene rings is 3. The van der Waals surface area contributed by atoms with E-state index in [1.165, 1.54) is 0 Å². The highest BCUT2D eigenvalue weighted by Gasteiger charge is 2.33. The zero-order chi connectivity index (χ0) is 24.9. The van der Waals surface area contributed by atoms with Gasteiger partial charge in [0.2, 0.25) is 0 Å². The maximum Gasteiger partial charge on any atom is 0.322 e. The summed E-state index contributed by atoms with van der Waals surface area (Å²) in [5, 5.41) is 3.46. The van der Waals surface area contributed by atoms with Crippen LogP contribution in [0.2, 0.25) is 5.02 Å². The Hall–Kier alpha value is -3.58. The number of nitrogens with one attached hydrogen (secondary N) is 1. The molecular formula is C27H29ClN2O5. The van der Waals surface area contributed by atoms with Gasteiger partial charge in [0.25, 0.3) is 0 Å². The summed E-state index contributed by atoms with van der Waals surface area (Å²) in [6.07, 6.45) is 1.26. The molecule has 0 aliphatic carbocycles. The first kappa shape index (κ1) is 24.5. The van der Waals surface area contributed by atoms with Crippen LogP contribution in [0, 0.1) is 0 Å². The molecule has 8 heteroatoms. The second-order valence-electron chi connectivity index (χ2n) is 8.17. The number of anilines is 1. The first-order valence-electron chi connectivity index (χ1n) is 11.3. The second-order valence-corrected chi connectivity index (χ2v) is 8.58. The van der Waals surface area contributed by atoms with E-state index in [9.17, 15) is 4.79 Å². The molecule has 1 heterocycles. The van der Waals surface area contributed by atoms with Gasteiger partial charge in [0, 0.05) is 6.54 Å². The number of rotatable bonds is 7. The number of amides is 2. The molecule has 0 saturated carbocycles. The molecule has 1 aliphatic heterocycles. The van der Waals surface area contributed by atoms with Crippen LogP contribution in [0.15, 0.2) is 54.6 Å². The van der Waals surface area contributed by atoms with Gasteiger partial charge in [0.15, 0.2) is 23.0 Å². The van der Waals surface area contributed by atoms with E-state index in [-0.39, 0.29) is 12.1 Å². The number of fused-ring (bicyclic) bond motifs is 1. The Labute approximate surface area is 210 Å². The summed E-state index contributed by atoms with van der Waals surface area (Å²) in [4.78, 5) is 15.3. The number of ether oxygens (including phenoxy) is 4. The van der Waals surface area contributed by atoms with E-state index in [1.807, 2.05) is 47.4 Å². The average molecular weight is 497 g/mol. The minimum atomic E-state index is -0.251. The van der Waals surface area contributed by atoms with Crippen molar-refractivity contribution < 1.29 is 23.7 Å². The number of para-hydroxylation sites is 1. The zero-order valence-corrected chi connectivity index (χ0v) is 21.0. The summed E-state index contributed by atoms with van der Waals surface area (Å²) in [7, 11) is 6.45. The lowest BCUT2D eigenvalue weighted by Crippen LogP contribution is -2.43. The van der Waals surface area contributed by atoms with Gasteiger partial charge in [-0.2, -0.15) is 0 Å².